The van der Waals surface area contributed by atoms with Crippen molar-refractivity contribution in [2.24, 2.45) is 5.92 Å². The minimum atomic E-state index is -0.275. The molecule has 1 rings (SSSR count). The Morgan fingerprint density at radius 2 is 1.71 bits per heavy atom. The zero-order valence-electron chi connectivity index (χ0n) is 10.7. The standard InChI is InChI=1S/C13H23NO3/c1-17-12(15)9-10-14-13(16)11-7-5-3-2-4-6-8-11/h11H,2-10H2,1H3,(H,14,16). The third kappa shape index (κ3) is 5.71. The summed E-state index contributed by atoms with van der Waals surface area (Å²) < 4.78 is 4.52. The van der Waals surface area contributed by atoms with E-state index < -0.39 is 0 Å². The zero-order valence-corrected chi connectivity index (χ0v) is 10.7. The van der Waals surface area contributed by atoms with Crippen molar-refractivity contribution < 1.29 is 14.3 Å². The van der Waals surface area contributed by atoms with E-state index in [1.807, 2.05) is 0 Å². The number of methoxy groups -OCH3 is 1. The molecule has 1 aliphatic rings. The molecule has 17 heavy (non-hydrogen) atoms. The molecule has 1 amide bonds. The van der Waals surface area contributed by atoms with Crippen LogP contribution in [0.2, 0.25) is 0 Å². The third-order valence-corrected chi connectivity index (χ3v) is 3.33. The average Bonchev–Trinajstić information content (AvgIpc) is 2.28. The summed E-state index contributed by atoms with van der Waals surface area (Å²) in [6, 6.07) is 0. The van der Waals surface area contributed by atoms with Crippen molar-refractivity contribution in [3.8, 4) is 0 Å². The van der Waals surface area contributed by atoms with Gasteiger partial charge in [-0.2, -0.15) is 0 Å². The number of rotatable bonds is 4. The maximum absolute atomic E-state index is 11.9. The molecule has 0 aromatic heterocycles. The molecule has 4 nitrogen and oxygen atoms in total. The van der Waals surface area contributed by atoms with Gasteiger partial charge < -0.3 is 10.1 Å². The van der Waals surface area contributed by atoms with E-state index >= 15 is 0 Å². The van der Waals surface area contributed by atoms with Crippen LogP contribution in [0.1, 0.15) is 51.4 Å². The van der Waals surface area contributed by atoms with Crippen molar-refractivity contribution in [2.75, 3.05) is 13.7 Å². The topological polar surface area (TPSA) is 55.4 Å². The highest BCUT2D eigenvalue weighted by Gasteiger charge is 2.18. The summed E-state index contributed by atoms with van der Waals surface area (Å²) in [4.78, 5) is 22.8. The maximum Gasteiger partial charge on any atom is 0.307 e. The van der Waals surface area contributed by atoms with Crippen LogP contribution in [0.3, 0.4) is 0 Å². The van der Waals surface area contributed by atoms with Crippen LogP contribution in [0.5, 0.6) is 0 Å². The van der Waals surface area contributed by atoms with Crippen LogP contribution in [-0.4, -0.2) is 25.5 Å². The minimum Gasteiger partial charge on any atom is -0.469 e. The molecule has 0 heterocycles. The van der Waals surface area contributed by atoms with Crippen LogP contribution < -0.4 is 5.32 Å². The van der Waals surface area contributed by atoms with Crippen molar-refractivity contribution in [2.45, 2.75) is 51.4 Å². The lowest BCUT2D eigenvalue weighted by Gasteiger charge is -2.18. The van der Waals surface area contributed by atoms with E-state index in [4.69, 9.17) is 0 Å². The lowest BCUT2D eigenvalue weighted by Crippen LogP contribution is -2.32. The Balaban J connectivity index is 2.22. The molecule has 0 aromatic carbocycles. The summed E-state index contributed by atoms with van der Waals surface area (Å²) in [5.41, 5.74) is 0. The molecule has 1 saturated carbocycles. The molecule has 1 fully saturated rings. The lowest BCUT2D eigenvalue weighted by molar-refractivity contribution is -0.140. The van der Waals surface area contributed by atoms with Crippen LogP contribution in [0.15, 0.2) is 0 Å². The molecule has 98 valence electrons. The summed E-state index contributed by atoms with van der Waals surface area (Å²) in [7, 11) is 1.36. The Hall–Kier alpha value is -1.06. The molecule has 1 N–H and O–H groups in total. The number of hydrogen-bond donors (Lipinski definition) is 1. The smallest absolute Gasteiger partial charge is 0.307 e. The highest BCUT2D eigenvalue weighted by atomic mass is 16.5. The van der Waals surface area contributed by atoms with E-state index in [9.17, 15) is 9.59 Å². The van der Waals surface area contributed by atoms with Crippen molar-refractivity contribution in [1.82, 2.24) is 5.32 Å². The number of carbonyl (C=O) groups is 2. The van der Waals surface area contributed by atoms with Crippen molar-refractivity contribution in [1.29, 1.82) is 0 Å². The number of amides is 1. The van der Waals surface area contributed by atoms with Crippen LogP contribution in [0, 0.1) is 5.92 Å². The van der Waals surface area contributed by atoms with E-state index in [1.165, 1.54) is 26.4 Å². The average molecular weight is 241 g/mol. The quantitative estimate of drug-likeness (QED) is 0.766. The van der Waals surface area contributed by atoms with E-state index in [2.05, 4.69) is 10.1 Å². The second-order valence-corrected chi connectivity index (χ2v) is 4.66. The monoisotopic (exact) mass is 241 g/mol. The van der Waals surface area contributed by atoms with Gasteiger partial charge in [0.05, 0.1) is 13.5 Å². The number of nitrogens with one attached hydrogen (secondary N) is 1. The molecule has 0 unspecified atom stereocenters. The first-order valence-electron chi connectivity index (χ1n) is 6.58. The predicted octanol–water partition coefficient (Wildman–Crippen LogP) is 2.03. The van der Waals surface area contributed by atoms with Crippen LogP contribution in [-0.2, 0) is 14.3 Å². The molecule has 0 bridgehead atoms. The summed E-state index contributed by atoms with van der Waals surface area (Å²) in [5.74, 6) is -0.0216. The molecule has 0 aromatic rings. The van der Waals surface area contributed by atoms with E-state index in [0.29, 0.717) is 6.54 Å². The molecule has 0 aliphatic heterocycles. The predicted molar refractivity (Wildman–Crippen MR) is 65.5 cm³/mol. The Bertz CT molecular complexity index is 245. The summed E-state index contributed by atoms with van der Waals surface area (Å²) in [5, 5.41) is 2.83. The van der Waals surface area contributed by atoms with Crippen LogP contribution in [0.25, 0.3) is 0 Å². The Morgan fingerprint density at radius 1 is 1.12 bits per heavy atom. The Kier molecular flexibility index (Phi) is 6.67. The summed E-state index contributed by atoms with van der Waals surface area (Å²) in [6.07, 6.45) is 8.32. The second kappa shape index (κ2) is 8.09. The van der Waals surface area contributed by atoms with Gasteiger partial charge in [-0.05, 0) is 12.8 Å². The molecule has 0 atom stereocenters. The highest BCUT2D eigenvalue weighted by Crippen LogP contribution is 2.22. The van der Waals surface area contributed by atoms with Crippen molar-refractivity contribution >= 4 is 11.9 Å². The third-order valence-electron chi connectivity index (χ3n) is 3.33. The van der Waals surface area contributed by atoms with Crippen molar-refractivity contribution in [3.05, 3.63) is 0 Å². The fourth-order valence-electron chi connectivity index (χ4n) is 2.25. The maximum atomic E-state index is 11.9. The normalized spacial score (nSPS) is 17.9. The largest absolute Gasteiger partial charge is 0.469 e. The zero-order chi connectivity index (χ0) is 12.5. The first-order valence-corrected chi connectivity index (χ1v) is 6.58. The molecule has 0 radical (unpaired) electrons. The number of ether oxygens (including phenoxy) is 1. The number of esters is 1. The second-order valence-electron chi connectivity index (χ2n) is 4.66. The molecule has 1 aliphatic carbocycles. The minimum absolute atomic E-state index is 0.107. The van der Waals surface area contributed by atoms with Gasteiger partial charge in [0.2, 0.25) is 5.91 Å². The Labute approximate surface area is 103 Å². The van der Waals surface area contributed by atoms with Gasteiger partial charge in [-0.3, -0.25) is 9.59 Å². The number of carbonyl (C=O) groups excluding carboxylic acids is 2. The lowest BCUT2D eigenvalue weighted by atomic mass is 9.90. The van der Waals surface area contributed by atoms with Gasteiger partial charge in [-0.25, -0.2) is 0 Å². The van der Waals surface area contributed by atoms with Gasteiger partial charge in [0, 0.05) is 12.5 Å². The van der Waals surface area contributed by atoms with E-state index in [0.717, 1.165) is 25.7 Å². The molecule has 0 saturated heterocycles. The van der Waals surface area contributed by atoms with Gasteiger partial charge in [0.25, 0.3) is 0 Å². The first kappa shape index (κ1) is 14.0. The molecular weight excluding hydrogens is 218 g/mol. The molecule has 4 heteroatoms. The fraction of sp³-hybridized carbons (Fsp3) is 0.846. The van der Waals surface area contributed by atoms with Crippen LogP contribution in [0.4, 0.5) is 0 Å². The molecule has 0 spiro atoms. The summed E-state index contributed by atoms with van der Waals surface area (Å²) >= 11 is 0. The van der Waals surface area contributed by atoms with Crippen molar-refractivity contribution in [3.63, 3.8) is 0 Å². The van der Waals surface area contributed by atoms with Gasteiger partial charge in [0.15, 0.2) is 0 Å². The van der Waals surface area contributed by atoms with E-state index in [-0.39, 0.29) is 24.2 Å². The molecular formula is C13H23NO3. The first-order chi connectivity index (χ1) is 8.24. The van der Waals surface area contributed by atoms with Gasteiger partial charge in [0.1, 0.15) is 0 Å². The SMILES string of the molecule is COC(=O)CCNC(=O)C1CCCCCCC1. The fourth-order valence-corrected chi connectivity index (χ4v) is 2.25. The summed E-state index contributed by atoms with van der Waals surface area (Å²) in [6.45, 7) is 0.391. The van der Waals surface area contributed by atoms with Gasteiger partial charge in [-0.15, -0.1) is 0 Å². The van der Waals surface area contributed by atoms with Gasteiger partial charge >= 0.3 is 5.97 Å². The highest BCUT2D eigenvalue weighted by molar-refractivity contribution is 5.79. The Morgan fingerprint density at radius 3 is 2.29 bits per heavy atom. The van der Waals surface area contributed by atoms with Crippen LogP contribution >= 0.6 is 0 Å². The van der Waals surface area contributed by atoms with Gasteiger partial charge in [-0.1, -0.05) is 32.1 Å². The van der Waals surface area contributed by atoms with E-state index in [1.54, 1.807) is 0 Å². The number of hydrogen-bond acceptors (Lipinski definition) is 3.